The minimum absolute atomic E-state index is 0. The van der Waals surface area contributed by atoms with E-state index in [1.807, 2.05) is 6.07 Å². The van der Waals surface area contributed by atoms with Gasteiger partial charge in [0.25, 0.3) is 5.79 Å². The Labute approximate surface area is 218 Å². The first-order valence-electron chi connectivity index (χ1n) is 13.0. The van der Waals surface area contributed by atoms with Crippen LogP contribution in [0.15, 0.2) is 24.4 Å². The Morgan fingerprint density at radius 2 is 1.27 bits per heavy atom. The molecule has 0 bridgehead atoms. The molecular formula is C27H49BrNO3Si. The van der Waals surface area contributed by atoms with Crippen molar-refractivity contribution in [3.63, 3.8) is 0 Å². The van der Waals surface area contributed by atoms with Crippen LogP contribution >= 0.6 is 0 Å². The number of unbranched alkanes of at least 4 members (excludes halogenated alkanes) is 13. The van der Waals surface area contributed by atoms with Crippen LogP contribution in [0.25, 0.3) is 0 Å². The molecule has 0 aliphatic heterocycles. The molecule has 0 fully saturated rings. The first kappa shape index (κ1) is 32.7. The van der Waals surface area contributed by atoms with E-state index in [1.54, 1.807) is 21.3 Å². The largest absolute Gasteiger partial charge is 1.00 e. The van der Waals surface area contributed by atoms with Crippen LogP contribution in [-0.2, 0) is 26.5 Å². The third-order valence-corrected chi connectivity index (χ3v) is 6.92. The fourth-order valence-electron chi connectivity index (χ4n) is 4.56. The molecule has 33 heavy (non-hydrogen) atoms. The summed E-state index contributed by atoms with van der Waals surface area (Å²) >= 11 is 0. The molecule has 1 unspecified atom stereocenters. The normalized spacial score (nSPS) is 12.5. The van der Waals surface area contributed by atoms with Crippen LogP contribution in [0.3, 0.4) is 0 Å². The third-order valence-electron chi connectivity index (χ3n) is 6.55. The Hall–Kier alpha value is -0.273. The molecule has 0 saturated carbocycles. The van der Waals surface area contributed by atoms with Crippen LogP contribution in [0.5, 0.6) is 0 Å². The van der Waals surface area contributed by atoms with Crippen LogP contribution in [0.2, 0.25) is 6.04 Å². The lowest BCUT2D eigenvalue weighted by Crippen LogP contribution is -3.00. The van der Waals surface area contributed by atoms with Crippen LogP contribution in [-0.4, -0.2) is 37.7 Å². The predicted molar refractivity (Wildman–Crippen MR) is 134 cm³/mol. The SMILES string of the molecule is CCCCCCCCCCCCCCCC[n+]1ccccc1C(OC)(OC)C(C[Si])OC.[Br-]. The van der Waals surface area contributed by atoms with Gasteiger partial charge in [-0.15, -0.1) is 0 Å². The molecule has 0 aliphatic rings. The number of aryl methyl sites for hydroxylation is 1. The predicted octanol–water partition coefficient (Wildman–Crippen LogP) is 3.51. The van der Waals surface area contributed by atoms with Crippen LogP contribution < -0.4 is 21.5 Å². The highest BCUT2D eigenvalue weighted by atomic mass is 79.9. The Bertz CT molecular complexity index is 568. The molecule has 6 heteroatoms. The lowest BCUT2D eigenvalue weighted by molar-refractivity contribution is -0.716. The molecule has 191 valence electrons. The zero-order valence-corrected chi connectivity index (χ0v) is 24.3. The Kier molecular flexibility index (Phi) is 20.9. The van der Waals surface area contributed by atoms with E-state index in [-0.39, 0.29) is 23.1 Å². The second kappa shape index (κ2) is 21.0. The van der Waals surface area contributed by atoms with E-state index in [1.165, 1.54) is 83.5 Å². The van der Waals surface area contributed by atoms with Gasteiger partial charge in [-0.05, 0) is 18.5 Å². The number of hydrogen-bond acceptors (Lipinski definition) is 3. The molecule has 1 atom stereocenters. The van der Waals surface area contributed by atoms with E-state index >= 15 is 0 Å². The van der Waals surface area contributed by atoms with Crippen LogP contribution in [0.1, 0.15) is 103 Å². The van der Waals surface area contributed by atoms with Crippen molar-refractivity contribution in [2.45, 2.75) is 121 Å². The van der Waals surface area contributed by atoms with Gasteiger partial charge in [-0.2, -0.15) is 4.57 Å². The summed E-state index contributed by atoms with van der Waals surface area (Å²) in [5, 5.41) is 0. The first-order chi connectivity index (χ1) is 15.7. The molecule has 4 nitrogen and oxygen atoms in total. The Morgan fingerprint density at radius 1 is 0.788 bits per heavy atom. The van der Waals surface area contributed by atoms with E-state index in [9.17, 15) is 0 Å². The zero-order chi connectivity index (χ0) is 23.5. The minimum atomic E-state index is -0.937. The van der Waals surface area contributed by atoms with Crippen molar-refractivity contribution in [1.82, 2.24) is 0 Å². The molecule has 0 N–H and O–H groups in total. The van der Waals surface area contributed by atoms with Crippen molar-refractivity contribution in [3.8, 4) is 0 Å². The molecule has 1 aromatic heterocycles. The molecule has 1 heterocycles. The standard InChI is InChI=1S/C27H49NO3Si.BrH/c1-5-6-7-8-9-10-11-12-13-14-15-16-17-19-22-28-23-20-18-21-25(28)27(30-3,31-4)26(24-32)29-2;/h18,20-21,23,26H,5-17,19,22,24H2,1-4H3;1H/q+1;/p-1. The van der Waals surface area contributed by atoms with Gasteiger partial charge in [0.1, 0.15) is 12.6 Å². The molecule has 0 aliphatic carbocycles. The number of halogens is 1. The molecule has 3 radical (unpaired) electrons. The highest BCUT2D eigenvalue weighted by molar-refractivity contribution is 6.08. The van der Waals surface area contributed by atoms with Gasteiger partial charge in [-0.1, -0.05) is 84.0 Å². The maximum atomic E-state index is 5.88. The van der Waals surface area contributed by atoms with Gasteiger partial charge in [-0.3, -0.25) is 0 Å². The van der Waals surface area contributed by atoms with Crippen LogP contribution in [0, 0.1) is 0 Å². The van der Waals surface area contributed by atoms with Crippen molar-refractivity contribution in [2.75, 3.05) is 21.3 Å². The number of pyridine rings is 1. The lowest BCUT2D eigenvalue weighted by atomic mass is 10.0. The summed E-state index contributed by atoms with van der Waals surface area (Å²) in [6.07, 6.45) is 21.1. The number of methoxy groups -OCH3 is 3. The van der Waals surface area contributed by atoms with Crippen molar-refractivity contribution >= 4 is 10.2 Å². The van der Waals surface area contributed by atoms with E-state index in [2.05, 4.69) is 40.1 Å². The van der Waals surface area contributed by atoms with Gasteiger partial charge in [0, 0.05) is 50.1 Å². The average Bonchev–Trinajstić information content (AvgIpc) is 2.83. The average molecular weight is 544 g/mol. The number of ether oxygens (including phenoxy) is 3. The van der Waals surface area contributed by atoms with Gasteiger partial charge < -0.3 is 31.2 Å². The highest BCUT2D eigenvalue weighted by Crippen LogP contribution is 2.31. The molecule has 1 aromatic rings. The Morgan fingerprint density at radius 3 is 1.70 bits per heavy atom. The zero-order valence-electron chi connectivity index (χ0n) is 21.8. The lowest BCUT2D eigenvalue weighted by Gasteiger charge is -2.34. The number of nitrogens with zero attached hydrogens (tertiary/aromatic N) is 1. The second-order valence-electron chi connectivity index (χ2n) is 8.88. The summed E-state index contributed by atoms with van der Waals surface area (Å²) < 4.78 is 19.7. The van der Waals surface area contributed by atoms with Gasteiger partial charge in [0.05, 0.1) is 0 Å². The van der Waals surface area contributed by atoms with Gasteiger partial charge >= 0.3 is 0 Å². The monoisotopic (exact) mass is 542 g/mol. The summed E-state index contributed by atoms with van der Waals surface area (Å²) in [6.45, 7) is 3.24. The quantitative estimate of drug-likeness (QED) is 0.103. The fraction of sp³-hybridized carbons (Fsp3) is 0.815. The maximum absolute atomic E-state index is 5.88. The smallest absolute Gasteiger partial charge is 0.282 e. The van der Waals surface area contributed by atoms with Gasteiger partial charge in [-0.25, -0.2) is 0 Å². The molecule has 0 amide bonds. The van der Waals surface area contributed by atoms with E-state index in [4.69, 9.17) is 14.2 Å². The highest BCUT2D eigenvalue weighted by Gasteiger charge is 2.47. The first-order valence-corrected chi connectivity index (χ1v) is 13.7. The van der Waals surface area contributed by atoms with Crippen molar-refractivity contribution in [3.05, 3.63) is 30.1 Å². The maximum Gasteiger partial charge on any atom is 0.282 e. The summed E-state index contributed by atoms with van der Waals surface area (Å²) in [4.78, 5) is 0. The van der Waals surface area contributed by atoms with E-state index in [0.717, 1.165) is 18.7 Å². The minimum Gasteiger partial charge on any atom is -1.00 e. The van der Waals surface area contributed by atoms with E-state index < -0.39 is 5.79 Å². The molecule has 0 saturated heterocycles. The van der Waals surface area contributed by atoms with Gasteiger partial charge in [0.2, 0.25) is 5.69 Å². The number of hydrogen-bond donors (Lipinski definition) is 0. The topological polar surface area (TPSA) is 31.6 Å². The molecule has 0 aromatic carbocycles. The van der Waals surface area contributed by atoms with Gasteiger partial charge in [0.15, 0.2) is 6.20 Å². The van der Waals surface area contributed by atoms with Crippen molar-refractivity contribution in [1.29, 1.82) is 0 Å². The summed E-state index contributed by atoms with van der Waals surface area (Å²) in [5.74, 6) is -0.937. The van der Waals surface area contributed by atoms with E-state index in [0.29, 0.717) is 6.04 Å². The molecular weight excluding hydrogens is 494 g/mol. The second-order valence-corrected chi connectivity index (χ2v) is 9.29. The molecule has 1 rings (SSSR count). The van der Waals surface area contributed by atoms with Crippen LogP contribution in [0.4, 0.5) is 0 Å². The summed E-state index contributed by atoms with van der Waals surface area (Å²) in [7, 11) is 8.65. The van der Waals surface area contributed by atoms with Crippen molar-refractivity contribution in [2.24, 2.45) is 0 Å². The summed E-state index contributed by atoms with van der Waals surface area (Å²) in [5.41, 5.74) is 0.991. The molecule has 0 spiro atoms. The van der Waals surface area contributed by atoms with Crippen molar-refractivity contribution < 1.29 is 35.8 Å². The fourth-order valence-corrected chi connectivity index (χ4v) is 4.99. The number of aromatic nitrogens is 1. The number of rotatable bonds is 21. The Balaban J connectivity index is 0.0000102. The third kappa shape index (κ3) is 11.8. The summed E-state index contributed by atoms with van der Waals surface area (Å²) in [6, 6.07) is 6.79.